The molecule has 1 atom stereocenters. The van der Waals surface area contributed by atoms with Gasteiger partial charge in [0.05, 0.1) is 6.61 Å². The zero-order valence-electron chi connectivity index (χ0n) is 14.0. The second-order valence-electron chi connectivity index (χ2n) is 5.42. The highest BCUT2D eigenvalue weighted by molar-refractivity contribution is 5.81. The van der Waals surface area contributed by atoms with E-state index >= 15 is 0 Å². The molecule has 1 aromatic carbocycles. The third kappa shape index (κ3) is 8.24. The molecule has 0 radical (unpaired) electrons. The number of carbonyl (C=O) groups excluding carboxylic acids is 2. The van der Waals surface area contributed by atoms with Crippen molar-refractivity contribution >= 4 is 12.1 Å². The van der Waals surface area contributed by atoms with Crippen molar-refractivity contribution < 1.29 is 19.1 Å². The zero-order chi connectivity index (χ0) is 16.9. The number of carbonyl (C=O) groups is 2. The smallest absolute Gasteiger partial charge is 0.408 e. The molecular formula is C18H27NO4. The quantitative estimate of drug-likeness (QED) is 0.525. The van der Waals surface area contributed by atoms with Crippen molar-refractivity contribution in [1.82, 2.24) is 5.32 Å². The summed E-state index contributed by atoms with van der Waals surface area (Å²) in [5, 5.41) is 2.59. The van der Waals surface area contributed by atoms with E-state index in [-0.39, 0.29) is 12.6 Å². The van der Waals surface area contributed by atoms with E-state index in [0.717, 1.165) is 31.2 Å². The van der Waals surface area contributed by atoms with Crippen LogP contribution in [-0.2, 0) is 20.9 Å². The number of esters is 1. The molecule has 1 unspecified atom stereocenters. The van der Waals surface area contributed by atoms with Crippen molar-refractivity contribution in [3.8, 4) is 0 Å². The average Bonchev–Trinajstić information content (AvgIpc) is 2.57. The maximum atomic E-state index is 12.0. The minimum atomic E-state index is -0.648. The van der Waals surface area contributed by atoms with Gasteiger partial charge in [0.15, 0.2) is 0 Å². The summed E-state index contributed by atoms with van der Waals surface area (Å²) >= 11 is 0. The third-order valence-electron chi connectivity index (χ3n) is 3.36. The fourth-order valence-electron chi connectivity index (χ4n) is 2.07. The van der Waals surface area contributed by atoms with Gasteiger partial charge in [0.2, 0.25) is 0 Å². The van der Waals surface area contributed by atoms with Crippen LogP contribution in [0.15, 0.2) is 30.3 Å². The summed E-state index contributed by atoms with van der Waals surface area (Å²) in [7, 11) is 0. The van der Waals surface area contributed by atoms with E-state index in [0.29, 0.717) is 13.0 Å². The SMILES string of the molecule is CCCCCOC(=O)C(CCC)NC(=O)OCc1ccccc1. The van der Waals surface area contributed by atoms with Gasteiger partial charge >= 0.3 is 12.1 Å². The summed E-state index contributed by atoms with van der Waals surface area (Å²) in [4.78, 5) is 23.9. The minimum absolute atomic E-state index is 0.178. The predicted molar refractivity (Wildman–Crippen MR) is 88.9 cm³/mol. The summed E-state index contributed by atoms with van der Waals surface area (Å²) in [5.74, 6) is -0.389. The van der Waals surface area contributed by atoms with Crippen LogP contribution in [0.1, 0.15) is 51.5 Å². The van der Waals surface area contributed by atoms with Crippen LogP contribution in [0.3, 0.4) is 0 Å². The Morgan fingerprint density at radius 1 is 1.04 bits per heavy atom. The van der Waals surface area contributed by atoms with Crippen molar-refractivity contribution in [3.05, 3.63) is 35.9 Å². The summed E-state index contributed by atoms with van der Waals surface area (Å²) in [6.07, 6.45) is 3.65. The molecule has 23 heavy (non-hydrogen) atoms. The average molecular weight is 321 g/mol. The van der Waals surface area contributed by atoms with E-state index in [1.807, 2.05) is 37.3 Å². The lowest BCUT2D eigenvalue weighted by atomic mass is 10.2. The maximum absolute atomic E-state index is 12.0. The first kappa shape index (κ1) is 19.0. The minimum Gasteiger partial charge on any atom is -0.464 e. The fraction of sp³-hybridized carbons (Fsp3) is 0.556. The van der Waals surface area contributed by atoms with Gasteiger partial charge < -0.3 is 14.8 Å². The normalized spacial score (nSPS) is 11.6. The largest absolute Gasteiger partial charge is 0.464 e. The van der Waals surface area contributed by atoms with Crippen LogP contribution in [0, 0.1) is 0 Å². The molecule has 1 rings (SSSR count). The third-order valence-corrected chi connectivity index (χ3v) is 3.36. The summed E-state index contributed by atoms with van der Waals surface area (Å²) < 4.78 is 10.4. The van der Waals surface area contributed by atoms with Crippen molar-refractivity contribution in [1.29, 1.82) is 0 Å². The highest BCUT2D eigenvalue weighted by atomic mass is 16.6. The van der Waals surface area contributed by atoms with Crippen molar-refractivity contribution in [2.24, 2.45) is 0 Å². The molecule has 0 aromatic heterocycles. The van der Waals surface area contributed by atoms with Gasteiger partial charge in [-0.25, -0.2) is 9.59 Å². The molecule has 0 aliphatic carbocycles. The zero-order valence-corrected chi connectivity index (χ0v) is 14.0. The fourth-order valence-corrected chi connectivity index (χ4v) is 2.07. The Morgan fingerprint density at radius 3 is 2.43 bits per heavy atom. The molecule has 0 aliphatic heterocycles. The Hall–Kier alpha value is -2.04. The molecule has 1 amide bonds. The van der Waals surface area contributed by atoms with E-state index in [4.69, 9.17) is 9.47 Å². The second-order valence-corrected chi connectivity index (χ2v) is 5.42. The van der Waals surface area contributed by atoms with Crippen LogP contribution in [0.2, 0.25) is 0 Å². The van der Waals surface area contributed by atoms with Crippen LogP contribution >= 0.6 is 0 Å². The number of hydrogen-bond donors (Lipinski definition) is 1. The molecule has 0 saturated heterocycles. The Bertz CT molecular complexity index is 461. The second kappa shape index (κ2) is 11.5. The lowest BCUT2D eigenvalue weighted by Gasteiger charge is -2.17. The number of amides is 1. The predicted octanol–water partition coefficient (Wildman–Crippen LogP) is 3.81. The Morgan fingerprint density at radius 2 is 1.78 bits per heavy atom. The van der Waals surface area contributed by atoms with E-state index in [2.05, 4.69) is 12.2 Å². The number of benzene rings is 1. The molecule has 5 nitrogen and oxygen atoms in total. The Kier molecular flexibility index (Phi) is 9.52. The van der Waals surface area contributed by atoms with Crippen LogP contribution in [0.5, 0.6) is 0 Å². The lowest BCUT2D eigenvalue weighted by molar-refractivity contribution is -0.146. The van der Waals surface area contributed by atoms with Gasteiger partial charge in [-0.2, -0.15) is 0 Å². The van der Waals surface area contributed by atoms with Crippen molar-refractivity contribution in [2.75, 3.05) is 6.61 Å². The lowest BCUT2D eigenvalue weighted by Crippen LogP contribution is -2.42. The molecule has 0 heterocycles. The Labute approximate surface area is 138 Å². The first-order valence-corrected chi connectivity index (χ1v) is 8.31. The molecule has 1 N–H and O–H groups in total. The molecular weight excluding hydrogens is 294 g/mol. The van der Waals surface area contributed by atoms with E-state index in [9.17, 15) is 9.59 Å². The summed E-state index contributed by atoms with van der Waals surface area (Å²) in [5.41, 5.74) is 0.900. The van der Waals surface area contributed by atoms with E-state index in [1.54, 1.807) is 0 Å². The van der Waals surface area contributed by atoms with E-state index < -0.39 is 12.1 Å². The van der Waals surface area contributed by atoms with Crippen molar-refractivity contribution in [2.45, 2.75) is 58.6 Å². The van der Waals surface area contributed by atoms with Gasteiger partial charge in [0.25, 0.3) is 0 Å². The summed E-state index contributed by atoms with van der Waals surface area (Å²) in [6.45, 7) is 4.62. The Balaban J connectivity index is 2.38. The molecule has 0 saturated carbocycles. The first-order valence-electron chi connectivity index (χ1n) is 8.31. The van der Waals surface area contributed by atoms with Gasteiger partial charge in [-0.3, -0.25) is 0 Å². The van der Waals surface area contributed by atoms with Gasteiger partial charge in [-0.15, -0.1) is 0 Å². The molecule has 0 bridgehead atoms. The molecule has 0 fully saturated rings. The highest BCUT2D eigenvalue weighted by Crippen LogP contribution is 2.04. The van der Waals surface area contributed by atoms with Gasteiger partial charge in [-0.05, 0) is 18.4 Å². The van der Waals surface area contributed by atoms with Crippen molar-refractivity contribution in [3.63, 3.8) is 0 Å². The number of rotatable bonds is 10. The van der Waals surface area contributed by atoms with Crippen LogP contribution < -0.4 is 5.32 Å². The monoisotopic (exact) mass is 321 g/mol. The standard InChI is InChI=1S/C18H27NO4/c1-3-5-9-13-22-17(20)16(10-4-2)19-18(21)23-14-15-11-7-6-8-12-15/h6-8,11-12,16H,3-5,9-10,13-14H2,1-2H3,(H,19,21). The first-order chi connectivity index (χ1) is 11.2. The van der Waals surface area contributed by atoms with Gasteiger partial charge in [0, 0.05) is 0 Å². The van der Waals surface area contributed by atoms with Crippen LogP contribution in [0.4, 0.5) is 4.79 Å². The number of alkyl carbamates (subject to hydrolysis) is 1. The van der Waals surface area contributed by atoms with Crippen LogP contribution in [0.25, 0.3) is 0 Å². The topological polar surface area (TPSA) is 64.6 Å². The van der Waals surface area contributed by atoms with Gasteiger partial charge in [-0.1, -0.05) is 63.4 Å². The maximum Gasteiger partial charge on any atom is 0.408 e. The number of ether oxygens (including phenoxy) is 2. The van der Waals surface area contributed by atoms with E-state index in [1.165, 1.54) is 0 Å². The number of nitrogens with one attached hydrogen (secondary N) is 1. The number of unbranched alkanes of at least 4 members (excludes halogenated alkanes) is 2. The molecule has 5 heteroatoms. The summed E-state index contributed by atoms with van der Waals surface area (Å²) in [6, 6.07) is 8.76. The molecule has 128 valence electrons. The molecule has 1 aromatic rings. The highest BCUT2D eigenvalue weighted by Gasteiger charge is 2.22. The molecule has 0 aliphatic rings. The number of hydrogen-bond acceptors (Lipinski definition) is 4. The van der Waals surface area contributed by atoms with Crippen LogP contribution in [-0.4, -0.2) is 24.7 Å². The van der Waals surface area contributed by atoms with Gasteiger partial charge in [0.1, 0.15) is 12.6 Å². The molecule has 0 spiro atoms.